The van der Waals surface area contributed by atoms with Gasteiger partial charge in [0.1, 0.15) is 17.1 Å². The second kappa shape index (κ2) is 4.62. The van der Waals surface area contributed by atoms with Crippen LogP contribution in [0.2, 0.25) is 0 Å². The van der Waals surface area contributed by atoms with E-state index in [9.17, 15) is 14.7 Å². The van der Waals surface area contributed by atoms with Crippen molar-refractivity contribution in [3.8, 4) is 5.75 Å². The molecule has 3 aromatic rings. The maximum atomic E-state index is 12.2. The molecule has 0 amide bonds. The number of carbonyl (C=O) groups excluding carboxylic acids is 2. The molecule has 2 heterocycles. The zero-order valence-electron chi connectivity index (χ0n) is 10.4. The fourth-order valence-electron chi connectivity index (χ4n) is 1.96. The van der Waals surface area contributed by atoms with E-state index in [1.54, 1.807) is 28.8 Å². The Labute approximate surface area is 114 Å². The van der Waals surface area contributed by atoms with Gasteiger partial charge in [-0.25, -0.2) is 4.98 Å². The zero-order chi connectivity index (χ0) is 14.1. The number of benzene rings is 1. The molecule has 0 bridgehead atoms. The fraction of sp³-hybridized carbons (Fsp3) is 0. The molecule has 20 heavy (non-hydrogen) atoms. The van der Waals surface area contributed by atoms with Crippen molar-refractivity contribution in [2.45, 2.75) is 0 Å². The topological polar surface area (TPSA) is 71.7 Å². The van der Waals surface area contributed by atoms with E-state index in [1.165, 1.54) is 30.5 Å². The first-order chi connectivity index (χ1) is 9.66. The summed E-state index contributed by atoms with van der Waals surface area (Å²) in [5, 5.41) is 9.19. The van der Waals surface area contributed by atoms with Gasteiger partial charge in [-0.05, 0) is 36.4 Å². The molecule has 0 aliphatic heterocycles. The first-order valence-electron chi connectivity index (χ1n) is 5.97. The standard InChI is InChI=1S/C15H10N2O3/c18-11-6-4-10(5-7-11)14(19)15(20)12-9-16-13-3-1-2-8-17(12)13/h1-9,18H. The number of pyridine rings is 1. The van der Waals surface area contributed by atoms with Crippen molar-refractivity contribution in [2.24, 2.45) is 0 Å². The van der Waals surface area contributed by atoms with Crippen molar-refractivity contribution in [1.82, 2.24) is 9.38 Å². The molecule has 0 atom stereocenters. The van der Waals surface area contributed by atoms with Crippen LogP contribution >= 0.6 is 0 Å². The fourth-order valence-corrected chi connectivity index (χ4v) is 1.96. The Balaban J connectivity index is 2.00. The number of imidazole rings is 1. The van der Waals surface area contributed by atoms with Crippen LogP contribution in [-0.2, 0) is 0 Å². The zero-order valence-corrected chi connectivity index (χ0v) is 10.4. The van der Waals surface area contributed by atoms with Gasteiger partial charge in [-0.3, -0.25) is 14.0 Å². The normalized spacial score (nSPS) is 10.6. The molecule has 0 spiro atoms. The summed E-state index contributed by atoms with van der Waals surface area (Å²) >= 11 is 0. The van der Waals surface area contributed by atoms with Gasteiger partial charge in [0.15, 0.2) is 0 Å². The highest BCUT2D eigenvalue weighted by Crippen LogP contribution is 2.13. The van der Waals surface area contributed by atoms with Crippen molar-refractivity contribution in [3.63, 3.8) is 0 Å². The average Bonchev–Trinajstić information content (AvgIpc) is 2.90. The number of rotatable bonds is 3. The molecule has 0 saturated heterocycles. The van der Waals surface area contributed by atoms with E-state index < -0.39 is 11.6 Å². The lowest BCUT2D eigenvalue weighted by Gasteiger charge is -2.01. The Morgan fingerprint density at radius 3 is 2.50 bits per heavy atom. The maximum Gasteiger partial charge on any atom is 0.251 e. The van der Waals surface area contributed by atoms with E-state index in [4.69, 9.17) is 0 Å². The minimum Gasteiger partial charge on any atom is -0.508 e. The van der Waals surface area contributed by atoms with E-state index in [0.29, 0.717) is 5.65 Å². The molecule has 2 aromatic heterocycles. The summed E-state index contributed by atoms with van der Waals surface area (Å²) in [4.78, 5) is 28.4. The van der Waals surface area contributed by atoms with Gasteiger partial charge in [-0.1, -0.05) is 6.07 Å². The van der Waals surface area contributed by atoms with Gasteiger partial charge in [-0.2, -0.15) is 0 Å². The second-order valence-electron chi connectivity index (χ2n) is 4.28. The van der Waals surface area contributed by atoms with E-state index in [0.717, 1.165) is 0 Å². The average molecular weight is 266 g/mol. The first-order valence-corrected chi connectivity index (χ1v) is 5.97. The molecule has 1 aromatic carbocycles. The van der Waals surface area contributed by atoms with Crippen LogP contribution < -0.4 is 0 Å². The van der Waals surface area contributed by atoms with Crippen LogP contribution in [0, 0.1) is 0 Å². The van der Waals surface area contributed by atoms with E-state index in [1.807, 2.05) is 0 Å². The third kappa shape index (κ3) is 1.95. The number of aromatic hydroxyl groups is 1. The molecule has 0 saturated carbocycles. The van der Waals surface area contributed by atoms with Gasteiger partial charge in [0.2, 0.25) is 5.78 Å². The third-order valence-corrected chi connectivity index (χ3v) is 2.99. The molecular formula is C15H10N2O3. The Hall–Kier alpha value is -2.95. The molecule has 1 N–H and O–H groups in total. The summed E-state index contributed by atoms with van der Waals surface area (Å²) < 4.78 is 1.57. The van der Waals surface area contributed by atoms with Gasteiger partial charge in [0.25, 0.3) is 5.78 Å². The smallest absolute Gasteiger partial charge is 0.251 e. The number of phenols is 1. The van der Waals surface area contributed by atoms with E-state index in [-0.39, 0.29) is 17.0 Å². The molecular weight excluding hydrogens is 256 g/mol. The number of fused-ring (bicyclic) bond motifs is 1. The lowest BCUT2D eigenvalue weighted by atomic mass is 10.1. The molecule has 0 aliphatic carbocycles. The van der Waals surface area contributed by atoms with Crippen LogP contribution in [0.4, 0.5) is 0 Å². The Morgan fingerprint density at radius 1 is 1.00 bits per heavy atom. The number of hydrogen-bond donors (Lipinski definition) is 1. The van der Waals surface area contributed by atoms with Crippen molar-refractivity contribution in [3.05, 3.63) is 66.1 Å². The summed E-state index contributed by atoms with van der Waals surface area (Å²) in [5.41, 5.74) is 1.06. The molecule has 98 valence electrons. The van der Waals surface area contributed by atoms with Gasteiger partial charge >= 0.3 is 0 Å². The van der Waals surface area contributed by atoms with E-state index in [2.05, 4.69) is 4.98 Å². The number of hydrogen-bond acceptors (Lipinski definition) is 4. The van der Waals surface area contributed by atoms with Crippen LogP contribution in [0.1, 0.15) is 20.8 Å². The second-order valence-corrected chi connectivity index (χ2v) is 4.28. The Bertz CT molecular complexity index is 803. The van der Waals surface area contributed by atoms with Crippen LogP contribution in [0.15, 0.2) is 54.9 Å². The van der Waals surface area contributed by atoms with Gasteiger partial charge in [0.05, 0.1) is 6.20 Å². The highest BCUT2D eigenvalue weighted by Gasteiger charge is 2.21. The number of ketones is 2. The molecule has 0 aliphatic rings. The van der Waals surface area contributed by atoms with Crippen LogP contribution in [0.5, 0.6) is 5.75 Å². The van der Waals surface area contributed by atoms with Crippen LogP contribution in [-0.4, -0.2) is 26.1 Å². The first kappa shape index (κ1) is 12.1. The van der Waals surface area contributed by atoms with Crippen molar-refractivity contribution >= 4 is 17.2 Å². The summed E-state index contributed by atoms with van der Waals surface area (Å²) in [6, 6.07) is 10.9. The minimum absolute atomic E-state index is 0.0452. The molecule has 0 fully saturated rings. The SMILES string of the molecule is O=C(C(=O)c1cnc2ccccn12)c1ccc(O)cc1. The van der Waals surface area contributed by atoms with Gasteiger partial charge in [0, 0.05) is 11.8 Å². The van der Waals surface area contributed by atoms with Crippen molar-refractivity contribution < 1.29 is 14.7 Å². The predicted octanol–water partition coefficient (Wildman–Crippen LogP) is 2.11. The molecule has 0 unspecified atom stereocenters. The highest BCUT2D eigenvalue weighted by atomic mass is 16.3. The Kier molecular flexibility index (Phi) is 2.80. The van der Waals surface area contributed by atoms with Gasteiger partial charge in [-0.15, -0.1) is 0 Å². The highest BCUT2D eigenvalue weighted by molar-refractivity contribution is 6.48. The number of nitrogens with zero attached hydrogens (tertiary/aromatic N) is 2. The molecule has 3 rings (SSSR count). The largest absolute Gasteiger partial charge is 0.508 e. The summed E-state index contributed by atoms with van der Waals surface area (Å²) in [5.74, 6) is -1.21. The summed E-state index contributed by atoms with van der Waals surface area (Å²) in [6.45, 7) is 0. The van der Waals surface area contributed by atoms with Crippen molar-refractivity contribution in [2.75, 3.05) is 0 Å². The summed E-state index contributed by atoms with van der Waals surface area (Å²) in [7, 11) is 0. The molecule has 5 heteroatoms. The van der Waals surface area contributed by atoms with E-state index >= 15 is 0 Å². The molecule has 5 nitrogen and oxygen atoms in total. The predicted molar refractivity (Wildman–Crippen MR) is 72.0 cm³/mol. The van der Waals surface area contributed by atoms with Crippen molar-refractivity contribution in [1.29, 1.82) is 0 Å². The number of aromatic nitrogens is 2. The lowest BCUT2D eigenvalue weighted by molar-refractivity contribution is 0.0813. The lowest BCUT2D eigenvalue weighted by Crippen LogP contribution is -2.16. The number of carbonyl (C=O) groups is 2. The monoisotopic (exact) mass is 266 g/mol. The van der Waals surface area contributed by atoms with Crippen LogP contribution in [0.25, 0.3) is 5.65 Å². The van der Waals surface area contributed by atoms with Crippen LogP contribution in [0.3, 0.4) is 0 Å². The maximum absolute atomic E-state index is 12.2. The Morgan fingerprint density at radius 2 is 1.75 bits per heavy atom. The number of phenolic OH excluding ortho intramolecular Hbond substituents is 1. The quantitative estimate of drug-likeness (QED) is 0.582. The van der Waals surface area contributed by atoms with Gasteiger partial charge < -0.3 is 5.11 Å². The summed E-state index contributed by atoms with van der Waals surface area (Å²) in [6.07, 6.45) is 3.07. The minimum atomic E-state index is -0.630. The molecule has 0 radical (unpaired) electrons. The number of Topliss-reactive ketones (excluding diaryl/α,β-unsaturated/α-hetero) is 2. The third-order valence-electron chi connectivity index (χ3n) is 2.99.